The standard InChI is InChI=1S/C19H23N3O3/c23-19(16-5-3-7-21-16)22-8-9-25-18-11-14(10-17(18)22)12-24-13-15-4-1-2-6-20-15/h1-7,14,17-18,21H,8-13H2/t14?,17-,18-/m0/s1. The van der Waals surface area contributed by atoms with Gasteiger partial charge in [-0.2, -0.15) is 0 Å². The molecule has 2 aromatic rings. The Hall–Kier alpha value is -2.18. The van der Waals surface area contributed by atoms with Gasteiger partial charge in [-0.1, -0.05) is 6.07 Å². The topological polar surface area (TPSA) is 67.5 Å². The lowest BCUT2D eigenvalue weighted by molar-refractivity contribution is -0.0452. The number of nitrogens with one attached hydrogen (secondary N) is 1. The van der Waals surface area contributed by atoms with Crippen LogP contribution in [0.15, 0.2) is 42.7 Å². The molecule has 1 saturated heterocycles. The fourth-order valence-corrected chi connectivity index (χ4v) is 3.87. The molecule has 0 bridgehead atoms. The minimum Gasteiger partial charge on any atom is -0.375 e. The van der Waals surface area contributed by atoms with E-state index in [1.807, 2.05) is 35.2 Å². The monoisotopic (exact) mass is 341 g/mol. The van der Waals surface area contributed by atoms with Crippen LogP contribution in [0.5, 0.6) is 0 Å². The highest BCUT2D eigenvalue weighted by Crippen LogP contribution is 2.35. The third kappa shape index (κ3) is 3.60. The highest BCUT2D eigenvalue weighted by molar-refractivity contribution is 5.92. The number of aromatic nitrogens is 2. The zero-order valence-electron chi connectivity index (χ0n) is 14.1. The summed E-state index contributed by atoms with van der Waals surface area (Å²) in [5.41, 5.74) is 1.59. The molecular formula is C19H23N3O3. The van der Waals surface area contributed by atoms with Gasteiger partial charge >= 0.3 is 0 Å². The lowest BCUT2D eigenvalue weighted by atomic mass is 10.1. The molecule has 0 spiro atoms. The van der Waals surface area contributed by atoms with E-state index in [9.17, 15) is 4.79 Å². The molecule has 0 aromatic carbocycles. The smallest absolute Gasteiger partial charge is 0.270 e. The summed E-state index contributed by atoms with van der Waals surface area (Å²) in [5.74, 6) is 0.481. The van der Waals surface area contributed by atoms with Crippen molar-refractivity contribution in [3.05, 3.63) is 54.1 Å². The van der Waals surface area contributed by atoms with Gasteiger partial charge in [0.25, 0.3) is 5.91 Å². The van der Waals surface area contributed by atoms with Crippen LogP contribution in [0.1, 0.15) is 29.0 Å². The summed E-state index contributed by atoms with van der Waals surface area (Å²) in [4.78, 5) is 22.0. The van der Waals surface area contributed by atoms with Gasteiger partial charge in [-0.15, -0.1) is 0 Å². The van der Waals surface area contributed by atoms with E-state index in [1.54, 1.807) is 12.4 Å². The zero-order valence-corrected chi connectivity index (χ0v) is 14.1. The number of carbonyl (C=O) groups is 1. The van der Waals surface area contributed by atoms with Gasteiger partial charge in [0.05, 0.1) is 37.7 Å². The second-order valence-electron chi connectivity index (χ2n) is 6.73. The van der Waals surface area contributed by atoms with E-state index in [2.05, 4.69) is 9.97 Å². The van der Waals surface area contributed by atoms with Crippen LogP contribution in [0.25, 0.3) is 0 Å². The quantitative estimate of drug-likeness (QED) is 0.906. The summed E-state index contributed by atoms with van der Waals surface area (Å²) < 4.78 is 11.8. The molecule has 25 heavy (non-hydrogen) atoms. The van der Waals surface area contributed by atoms with E-state index < -0.39 is 0 Å². The van der Waals surface area contributed by atoms with Gasteiger partial charge in [-0.3, -0.25) is 9.78 Å². The van der Waals surface area contributed by atoms with Crippen molar-refractivity contribution >= 4 is 5.91 Å². The number of pyridine rings is 1. The third-order valence-corrected chi connectivity index (χ3v) is 5.05. The molecule has 4 rings (SSSR count). The SMILES string of the molecule is O=C(c1ccc[nH]1)N1CCO[C@H]2CC(COCc3ccccn3)C[C@@H]21. The molecule has 1 amide bonds. The van der Waals surface area contributed by atoms with Crippen molar-refractivity contribution in [3.63, 3.8) is 0 Å². The molecule has 1 N–H and O–H groups in total. The Labute approximate surface area is 147 Å². The summed E-state index contributed by atoms with van der Waals surface area (Å²) in [6, 6.07) is 9.66. The first-order valence-electron chi connectivity index (χ1n) is 8.85. The fraction of sp³-hybridized carbons (Fsp3) is 0.474. The highest BCUT2D eigenvalue weighted by Gasteiger charge is 2.43. The zero-order chi connectivity index (χ0) is 17.1. The number of amides is 1. The lowest BCUT2D eigenvalue weighted by Crippen LogP contribution is -2.51. The van der Waals surface area contributed by atoms with Crippen molar-refractivity contribution in [2.24, 2.45) is 5.92 Å². The predicted octanol–water partition coefficient (Wildman–Crippen LogP) is 2.25. The molecule has 132 valence electrons. The number of morpholine rings is 1. The Morgan fingerprint density at radius 1 is 1.32 bits per heavy atom. The van der Waals surface area contributed by atoms with E-state index in [1.165, 1.54) is 0 Å². The van der Waals surface area contributed by atoms with Crippen molar-refractivity contribution in [1.29, 1.82) is 0 Å². The Balaban J connectivity index is 1.33. The number of ether oxygens (including phenoxy) is 2. The van der Waals surface area contributed by atoms with Crippen LogP contribution in [0, 0.1) is 5.92 Å². The fourth-order valence-electron chi connectivity index (χ4n) is 3.87. The second kappa shape index (κ2) is 7.37. The Morgan fingerprint density at radius 3 is 3.08 bits per heavy atom. The summed E-state index contributed by atoms with van der Waals surface area (Å²) in [6.45, 7) is 2.46. The van der Waals surface area contributed by atoms with Crippen LogP contribution < -0.4 is 0 Å². The minimum absolute atomic E-state index is 0.0679. The number of nitrogens with zero attached hydrogens (tertiary/aromatic N) is 2. The van der Waals surface area contributed by atoms with Crippen LogP contribution in [-0.4, -0.2) is 52.7 Å². The van der Waals surface area contributed by atoms with Gasteiger partial charge in [0.2, 0.25) is 0 Å². The summed E-state index contributed by atoms with van der Waals surface area (Å²) in [5, 5.41) is 0. The Bertz CT molecular complexity index is 689. The first-order valence-corrected chi connectivity index (χ1v) is 8.85. The van der Waals surface area contributed by atoms with Crippen molar-refractivity contribution in [1.82, 2.24) is 14.9 Å². The first kappa shape index (κ1) is 16.3. The number of fused-ring (bicyclic) bond motifs is 1. The van der Waals surface area contributed by atoms with Crippen molar-refractivity contribution in [2.45, 2.75) is 31.6 Å². The van der Waals surface area contributed by atoms with Crippen LogP contribution in [0.3, 0.4) is 0 Å². The number of H-pyrrole nitrogens is 1. The van der Waals surface area contributed by atoms with Gasteiger partial charge in [0.1, 0.15) is 5.69 Å². The van der Waals surface area contributed by atoms with Gasteiger partial charge in [0, 0.05) is 18.9 Å². The normalized spacial score (nSPS) is 25.8. The number of hydrogen-bond donors (Lipinski definition) is 1. The second-order valence-corrected chi connectivity index (χ2v) is 6.73. The minimum atomic E-state index is 0.0679. The summed E-state index contributed by atoms with van der Waals surface area (Å²) >= 11 is 0. The van der Waals surface area contributed by atoms with Crippen molar-refractivity contribution in [2.75, 3.05) is 19.8 Å². The third-order valence-electron chi connectivity index (χ3n) is 5.05. The molecule has 2 fully saturated rings. The maximum Gasteiger partial charge on any atom is 0.270 e. The lowest BCUT2D eigenvalue weighted by Gasteiger charge is -2.37. The van der Waals surface area contributed by atoms with E-state index in [4.69, 9.17) is 9.47 Å². The van der Waals surface area contributed by atoms with Crippen LogP contribution >= 0.6 is 0 Å². The summed E-state index contributed by atoms with van der Waals surface area (Å²) in [7, 11) is 0. The molecule has 2 aliphatic rings. The molecule has 2 aromatic heterocycles. The van der Waals surface area contributed by atoms with E-state index in [0.717, 1.165) is 18.5 Å². The molecule has 1 aliphatic carbocycles. The molecule has 3 atom stereocenters. The molecule has 1 unspecified atom stereocenters. The van der Waals surface area contributed by atoms with E-state index in [-0.39, 0.29) is 18.1 Å². The highest BCUT2D eigenvalue weighted by atomic mass is 16.5. The maximum absolute atomic E-state index is 12.7. The molecule has 1 aliphatic heterocycles. The average molecular weight is 341 g/mol. The number of carbonyl (C=O) groups excluding carboxylic acids is 1. The Kier molecular flexibility index (Phi) is 4.81. The summed E-state index contributed by atoms with van der Waals surface area (Å²) in [6.07, 6.45) is 5.56. The maximum atomic E-state index is 12.7. The molecular weight excluding hydrogens is 318 g/mol. The predicted molar refractivity (Wildman–Crippen MR) is 92.0 cm³/mol. The number of hydrogen-bond acceptors (Lipinski definition) is 4. The van der Waals surface area contributed by atoms with Gasteiger partial charge in [-0.05, 0) is 43.0 Å². The van der Waals surface area contributed by atoms with Crippen LogP contribution in [0.4, 0.5) is 0 Å². The molecule has 3 heterocycles. The van der Waals surface area contributed by atoms with E-state index in [0.29, 0.717) is 38.0 Å². The van der Waals surface area contributed by atoms with Gasteiger partial charge in [-0.25, -0.2) is 0 Å². The number of rotatable bonds is 5. The molecule has 1 saturated carbocycles. The molecule has 6 heteroatoms. The van der Waals surface area contributed by atoms with Crippen LogP contribution in [0.2, 0.25) is 0 Å². The van der Waals surface area contributed by atoms with Gasteiger partial charge in [0.15, 0.2) is 0 Å². The van der Waals surface area contributed by atoms with Crippen molar-refractivity contribution in [3.8, 4) is 0 Å². The number of aromatic amines is 1. The Morgan fingerprint density at radius 2 is 2.28 bits per heavy atom. The largest absolute Gasteiger partial charge is 0.375 e. The molecule has 0 radical (unpaired) electrons. The van der Waals surface area contributed by atoms with Gasteiger partial charge < -0.3 is 19.4 Å². The molecule has 6 nitrogen and oxygen atoms in total. The average Bonchev–Trinajstić information content (AvgIpc) is 3.31. The van der Waals surface area contributed by atoms with Crippen LogP contribution in [-0.2, 0) is 16.1 Å². The van der Waals surface area contributed by atoms with E-state index >= 15 is 0 Å². The van der Waals surface area contributed by atoms with Crippen molar-refractivity contribution < 1.29 is 14.3 Å². The first-order chi connectivity index (χ1) is 12.3.